The monoisotopic (exact) mass is 398 g/mol. The molecule has 1 amide bonds. The van der Waals surface area contributed by atoms with E-state index in [0.29, 0.717) is 11.8 Å². The Hall–Kier alpha value is -2.33. The number of aromatic nitrogens is 2. The third-order valence-corrected chi connectivity index (χ3v) is 6.32. The van der Waals surface area contributed by atoms with Crippen molar-refractivity contribution in [1.82, 2.24) is 19.4 Å². The number of rotatable bonds is 5. The number of carbonyl (C=O) groups excluding carboxylic acids is 1. The van der Waals surface area contributed by atoms with Gasteiger partial charge >= 0.3 is 0 Å². The van der Waals surface area contributed by atoms with Crippen LogP contribution in [0.25, 0.3) is 0 Å². The van der Waals surface area contributed by atoms with Gasteiger partial charge in [-0.15, -0.1) is 0 Å². The van der Waals surface area contributed by atoms with Crippen LogP contribution in [0, 0.1) is 11.6 Å². The topological polar surface area (TPSA) is 86.4 Å². The Kier molecular flexibility index (Phi) is 5.56. The highest BCUT2D eigenvalue weighted by Crippen LogP contribution is 2.20. The second kappa shape index (κ2) is 7.73. The minimum atomic E-state index is -3.95. The lowest BCUT2D eigenvalue weighted by atomic mass is 10.2. The molecule has 0 aliphatic carbocycles. The minimum absolute atomic E-state index is 0.0688. The van der Waals surface area contributed by atoms with Crippen LogP contribution in [-0.4, -0.2) is 59.9 Å². The average Bonchev–Trinajstić information content (AvgIpc) is 3.12. The Morgan fingerprint density at radius 1 is 1.15 bits per heavy atom. The van der Waals surface area contributed by atoms with Gasteiger partial charge in [-0.3, -0.25) is 9.89 Å². The number of carbonyl (C=O) groups is 1. The molecular formula is C17H20F2N4O3S. The molecule has 10 heteroatoms. The molecule has 1 aromatic carbocycles. The predicted molar refractivity (Wildman–Crippen MR) is 93.6 cm³/mol. The van der Waals surface area contributed by atoms with Gasteiger partial charge in [-0.2, -0.15) is 9.40 Å². The number of aromatic amines is 1. The number of H-pyrrole nitrogens is 1. The summed E-state index contributed by atoms with van der Waals surface area (Å²) in [5.74, 6) is -2.59. The molecule has 3 rings (SSSR count). The smallest absolute Gasteiger partial charge is 0.274 e. The molecule has 146 valence electrons. The summed E-state index contributed by atoms with van der Waals surface area (Å²) in [6.07, 6.45) is 1.72. The van der Waals surface area contributed by atoms with Crippen LogP contribution < -0.4 is 0 Å². The van der Waals surface area contributed by atoms with Crippen LogP contribution >= 0.6 is 0 Å². The van der Waals surface area contributed by atoms with Crippen molar-refractivity contribution >= 4 is 15.9 Å². The van der Waals surface area contributed by atoms with E-state index in [9.17, 15) is 22.0 Å². The van der Waals surface area contributed by atoms with Gasteiger partial charge < -0.3 is 4.90 Å². The largest absolute Gasteiger partial charge is 0.335 e. The van der Waals surface area contributed by atoms with Gasteiger partial charge in [0.25, 0.3) is 5.91 Å². The summed E-state index contributed by atoms with van der Waals surface area (Å²) in [5.41, 5.74) is 1.18. The summed E-state index contributed by atoms with van der Waals surface area (Å²) in [7, 11) is -3.95. The fourth-order valence-corrected chi connectivity index (χ4v) is 4.38. The highest BCUT2D eigenvalue weighted by molar-refractivity contribution is 7.89. The average molecular weight is 398 g/mol. The molecule has 0 radical (unpaired) electrons. The molecule has 0 saturated carbocycles. The lowest BCUT2D eigenvalue weighted by Crippen LogP contribution is -2.50. The standard InChI is InChI=1S/C17H20F2N4O3S/c1-2-3-12-10-16(21-20-12)17(24)22-6-8-23(9-7-22)27(25,26)13-4-5-14(18)15(19)11-13/h4-5,10-11H,2-3,6-9H2,1H3,(H,20,21). The Bertz CT molecular complexity index is 937. The van der Waals surface area contributed by atoms with E-state index in [1.165, 1.54) is 4.90 Å². The Balaban J connectivity index is 1.67. The van der Waals surface area contributed by atoms with E-state index in [1.807, 2.05) is 6.92 Å². The summed E-state index contributed by atoms with van der Waals surface area (Å²) in [6, 6.07) is 4.19. The van der Waals surface area contributed by atoms with Crippen LogP contribution in [0.15, 0.2) is 29.2 Å². The zero-order chi connectivity index (χ0) is 19.6. The Morgan fingerprint density at radius 2 is 1.85 bits per heavy atom. The van der Waals surface area contributed by atoms with Crippen LogP contribution in [0.2, 0.25) is 0 Å². The van der Waals surface area contributed by atoms with Crippen molar-refractivity contribution in [3.05, 3.63) is 47.3 Å². The van der Waals surface area contributed by atoms with E-state index in [-0.39, 0.29) is 37.0 Å². The van der Waals surface area contributed by atoms with Gasteiger partial charge in [0.2, 0.25) is 10.0 Å². The van der Waals surface area contributed by atoms with Gasteiger partial charge in [-0.1, -0.05) is 13.3 Å². The molecule has 27 heavy (non-hydrogen) atoms. The normalized spacial score (nSPS) is 15.9. The first-order valence-electron chi connectivity index (χ1n) is 8.61. The zero-order valence-electron chi connectivity index (χ0n) is 14.8. The van der Waals surface area contributed by atoms with E-state index < -0.39 is 21.7 Å². The summed E-state index contributed by atoms with van der Waals surface area (Å²) in [6.45, 7) is 2.54. The van der Waals surface area contributed by atoms with Crippen molar-refractivity contribution in [2.45, 2.75) is 24.7 Å². The SMILES string of the molecule is CCCc1cc(C(=O)N2CCN(S(=O)(=O)c3ccc(F)c(F)c3)CC2)n[nH]1. The van der Waals surface area contributed by atoms with Crippen molar-refractivity contribution in [1.29, 1.82) is 0 Å². The Labute approximate surface area is 156 Å². The number of halogens is 2. The van der Waals surface area contributed by atoms with E-state index in [4.69, 9.17) is 0 Å². The maximum absolute atomic E-state index is 13.4. The zero-order valence-corrected chi connectivity index (χ0v) is 15.6. The molecule has 1 N–H and O–H groups in total. The van der Waals surface area contributed by atoms with Gasteiger partial charge in [0.15, 0.2) is 11.6 Å². The summed E-state index contributed by atoms with van der Waals surface area (Å²) in [5, 5.41) is 6.84. The van der Waals surface area contributed by atoms with Crippen LogP contribution in [-0.2, 0) is 16.4 Å². The summed E-state index contributed by atoms with van der Waals surface area (Å²) < 4.78 is 52.8. The number of nitrogens with one attached hydrogen (secondary N) is 1. The fourth-order valence-electron chi connectivity index (χ4n) is 2.95. The van der Waals surface area contributed by atoms with Crippen molar-refractivity contribution in [3.8, 4) is 0 Å². The van der Waals surface area contributed by atoms with Crippen molar-refractivity contribution in [2.75, 3.05) is 26.2 Å². The molecule has 1 aliphatic heterocycles. The number of nitrogens with zero attached hydrogens (tertiary/aromatic N) is 3. The molecule has 1 saturated heterocycles. The second-order valence-corrected chi connectivity index (χ2v) is 8.24. The van der Waals surface area contributed by atoms with Crippen molar-refractivity contribution in [2.24, 2.45) is 0 Å². The molecule has 7 nitrogen and oxygen atoms in total. The molecule has 1 fully saturated rings. The first-order chi connectivity index (χ1) is 12.8. The molecule has 2 aromatic rings. The molecule has 1 aliphatic rings. The number of hydrogen-bond donors (Lipinski definition) is 1. The molecule has 0 atom stereocenters. The molecular weight excluding hydrogens is 378 g/mol. The highest BCUT2D eigenvalue weighted by Gasteiger charge is 2.31. The minimum Gasteiger partial charge on any atom is -0.335 e. The predicted octanol–water partition coefficient (Wildman–Crippen LogP) is 1.79. The van der Waals surface area contributed by atoms with Crippen LogP contribution in [0.4, 0.5) is 8.78 Å². The van der Waals surface area contributed by atoms with Gasteiger partial charge in [0.1, 0.15) is 5.69 Å². The first-order valence-corrected chi connectivity index (χ1v) is 10.1. The third kappa shape index (κ3) is 4.01. The van der Waals surface area contributed by atoms with Gasteiger partial charge in [0, 0.05) is 31.9 Å². The summed E-state index contributed by atoms with van der Waals surface area (Å²) in [4.78, 5) is 13.7. The molecule has 1 aromatic heterocycles. The second-order valence-electron chi connectivity index (χ2n) is 6.30. The number of piperazine rings is 1. The van der Waals surface area contributed by atoms with E-state index in [2.05, 4.69) is 10.2 Å². The maximum atomic E-state index is 13.4. The van der Waals surface area contributed by atoms with Gasteiger partial charge in [0.05, 0.1) is 4.90 Å². The summed E-state index contributed by atoms with van der Waals surface area (Å²) >= 11 is 0. The van der Waals surface area contributed by atoms with Crippen molar-refractivity contribution < 1.29 is 22.0 Å². The number of sulfonamides is 1. The molecule has 2 heterocycles. The molecule has 0 unspecified atom stereocenters. The van der Waals surface area contributed by atoms with E-state index in [1.54, 1.807) is 6.07 Å². The van der Waals surface area contributed by atoms with Gasteiger partial charge in [-0.25, -0.2) is 17.2 Å². The number of amides is 1. The third-order valence-electron chi connectivity index (χ3n) is 4.42. The first kappa shape index (κ1) is 19.4. The Morgan fingerprint density at radius 3 is 2.48 bits per heavy atom. The fraction of sp³-hybridized carbons (Fsp3) is 0.412. The van der Waals surface area contributed by atoms with Crippen LogP contribution in [0.1, 0.15) is 29.5 Å². The van der Waals surface area contributed by atoms with Crippen LogP contribution in [0.5, 0.6) is 0 Å². The van der Waals surface area contributed by atoms with Crippen LogP contribution in [0.3, 0.4) is 0 Å². The van der Waals surface area contributed by atoms with Crippen molar-refractivity contribution in [3.63, 3.8) is 0 Å². The lowest BCUT2D eigenvalue weighted by molar-refractivity contribution is 0.0692. The van der Waals surface area contributed by atoms with E-state index in [0.717, 1.165) is 35.0 Å². The quantitative estimate of drug-likeness (QED) is 0.832. The highest BCUT2D eigenvalue weighted by atomic mass is 32.2. The van der Waals surface area contributed by atoms with Gasteiger partial charge in [-0.05, 0) is 30.7 Å². The number of benzene rings is 1. The lowest BCUT2D eigenvalue weighted by Gasteiger charge is -2.33. The number of aryl methyl sites for hydroxylation is 1. The maximum Gasteiger partial charge on any atom is 0.274 e. The number of hydrogen-bond acceptors (Lipinski definition) is 4. The molecule has 0 bridgehead atoms. The van der Waals surface area contributed by atoms with E-state index >= 15 is 0 Å². The molecule has 0 spiro atoms.